The molecule has 2 bridgehead atoms. The second kappa shape index (κ2) is 6.83. The van der Waals surface area contributed by atoms with Crippen molar-refractivity contribution in [3.63, 3.8) is 0 Å². The summed E-state index contributed by atoms with van der Waals surface area (Å²) < 4.78 is 5.97. The van der Waals surface area contributed by atoms with Crippen LogP contribution in [0, 0.1) is 23.7 Å². The summed E-state index contributed by atoms with van der Waals surface area (Å²) in [4.78, 5) is 40.3. The van der Waals surface area contributed by atoms with E-state index in [9.17, 15) is 14.4 Å². The fourth-order valence-electron chi connectivity index (χ4n) is 5.47. The Balaban J connectivity index is 1.42. The lowest BCUT2D eigenvalue weighted by Crippen LogP contribution is -2.34. The highest BCUT2D eigenvalue weighted by atomic mass is 16.5. The topological polar surface area (TPSA) is 63.7 Å². The van der Waals surface area contributed by atoms with Gasteiger partial charge in [-0.1, -0.05) is 42.5 Å². The Bertz CT molecular complexity index is 957. The number of benzene rings is 2. The van der Waals surface area contributed by atoms with Crippen molar-refractivity contribution in [3.05, 3.63) is 60.2 Å². The van der Waals surface area contributed by atoms with E-state index in [1.54, 1.807) is 43.3 Å². The Kier molecular flexibility index (Phi) is 4.26. The molecular weight excluding hydrogens is 366 g/mol. The molecule has 0 radical (unpaired) electrons. The van der Waals surface area contributed by atoms with Crippen LogP contribution < -0.4 is 9.64 Å². The Labute approximate surface area is 169 Å². The molecule has 0 unspecified atom stereocenters. The van der Waals surface area contributed by atoms with Gasteiger partial charge in [-0.15, -0.1) is 0 Å². The van der Waals surface area contributed by atoms with Gasteiger partial charge in [0.15, 0.2) is 6.10 Å². The Morgan fingerprint density at radius 1 is 0.931 bits per heavy atom. The summed E-state index contributed by atoms with van der Waals surface area (Å²) in [5.41, 5.74) is 1.01. The van der Waals surface area contributed by atoms with Crippen molar-refractivity contribution in [3.8, 4) is 5.75 Å². The van der Waals surface area contributed by atoms with Crippen LogP contribution in [-0.4, -0.2) is 23.7 Å². The van der Waals surface area contributed by atoms with E-state index in [0.29, 0.717) is 28.8 Å². The monoisotopic (exact) mass is 389 g/mol. The van der Waals surface area contributed by atoms with E-state index in [1.807, 2.05) is 18.2 Å². The molecule has 5 atom stereocenters. The van der Waals surface area contributed by atoms with Crippen LogP contribution in [0.4, 0.5) is 5.69 Å². The predicted molar refractivity (Wildman–Crippen MR) is 108 cm³/mol. The van der Waals surface area contributed by atoms with Gasteiger partial charge in [-0.2, -0.15) is 0 Å². The molecule has 5 rings (SSSR count). The van der Waals surface area contributed by atoms with Crippen LogP contribution in [0.3, 0.4) is 0 Å². The first-order valence-corrected chi connectivity index (χ1v) is 10.3. The maximum absolute atomic E-state index is 13.2. The molecule has 2 aliphatic carbocycles. The van der Waals surface area contributed by atoms with E-state index in [-0.39, 0.29) is 29.4 Å². The highest BCUT2D eigenvalue weighted by molar-refractivity contribution is 6.23. The van der Waals surface area contributed by atoms with Gasteiger partial charge in [0.2, 0.25) is 17.6 Å². The average Bonchev–Trinajstić information content (AvgIpc) is 3.42. The number of ketones is 1. The molecule has 3 aliphatic rings. The van der Waals surface area contributed by atoms with Gasteiger partial charge >= 0.3 is 0 Å². The number of hydrogen-bond donors (Lipinski definition) is 0. The van der Waals surface area contributed by atoms with Crippen LogP contribution in [-0.2, 0) is 9.59 Å². The molecule has 1 saturated heterocycles. The van der Waals surface area contributed by atoms with Crippen molar-refractivity contribution in [2.75, 3.05) is 4.90 Å². The minimum Gasteiger partial charge on any atom is -0.480 e. The second-order valence-corrected chi connectivity index (χ2v) is 8.35. The third-order valence-corrected chi connectivity index (χ3v) is 6.76. The zero-order valence-corrected chi connectivity index (χ0v) is 16.3. The summed E-state index contributed by atoms with van der Waals surface area (Å²) in [5.74, 6) is 0.329. The summed E-state index contributed by atoms with van der Waals surface area (Å²) in [5, 5.41) is 0. The molecule has 1 heterocycles. The minimum absolute atomic E-state index is 0.106. The van der Waals surface area contributed by atoms with Crippen LogP contribution >= 0.6 is 0 Å². The molecule has 0 spiro atoms. The summed E-state index contributed by atoms with van der Waals surface area (Å²) in [6, 6.07) is 16.0. The van der Waals surface area contributed by atoms with Crippen LogP contribution in [0.25, 0.3) is 0 Å². The predicted octanol–water partition coefficient (Wildman–Crippen LogP) is 3.87. The van der Waals surface area contributed by atoms with Crippen LogP contribution in [0.5, 0.6) is 5.75 Å². The molecule has 2 amide bonds. The first-order valence-electron chi connectivity index (χ1n) is 10.3. The number of ether oxygens (including phenoxy) is 1. The molecule has 0 aromatic heterocycles. The molecule has 148 valence electrons. The number of anilines is 1. The van der Waals surface area contributed by atoms with E-state index in [4.69, 9.17) is 4.74 Å². The van der Waals surface area contributed by atoms with Gasteiger partial charge in [0.1, 0.15) is 5.75 Å². The fourth-order valence-corrected chi connectivity index (χ4v) is 5.47. The number of carbonyl (C=O) groups is 3. The fraction of sp³-hybridized carbons (Fsp3) is 0.375. The van der Waals surface area contributed by atoms with Gasteiger partial charge in [-0.05, 0) is 50.2 Å². The van der Waals surface area contributed by atoms with Crippen molar-refractivity contribution in [2.45, 2.75) is 32.3 Å². The molecule has 5 heteroatoms. The molecule has 2 saturated carbocycles. The Morgan fingerprint density at radius 3 is 2.17 bits per heavy atom. The summed E-state index contributed by atoms with van der Waals surface area (Å²) in [6.07, 6.45) is 2.35. The third-order valence-electron chi connectivity index (χ3n) is 6.76. The lowest BCUT2D eigenvalue weighted by atomic mass is 9.81. The first-order chi connectivity index (χ1) is 14.1. The normalized spacial score (nSPS) is 28.5. The number of para-hydroxylation sites is 2. The third kappa shape index (κ3) is 2.79. The largest absolute Gasteiger partial charge is 0.480 e. The van der Waals surface area contributed by atoms with E-state index >= 15 is 0 Å². The zero-order valence-electron chi connectivity index (χ0n) is 16.3. The molecular formula is C24H23NO4. The smallest absolute Gasteiger partial charge is 0.238 e. The summed E-state index contributed by atoms with van der Waals surface area (Å²) in [7, 11) is 0. The standard InChI is InChI=1S/C24H23NO4/c1-14(22(26)15-7-3-2-4-8-15)29-19-10-6-5-9-18(19)25-23(27)20-16-11-12-17(13-16)21(20)24(25)28/h2-10,14,16-17,20-21H,11-13H2,1H3/t14-,16-,17+,20-,21+/m1/s1. The number of carbonyl (C=O) groups excluding carboxylic acids is 3. The number of imide groups is 1. The molecule has 29 heavy (non-hydrogen) atoms. The molecule has 2 aromatic rings. The number of amides is 2. The number of nitrogens with zero attached hydrogens (tertiary/aromatic N) is 1. The van der Waals surface area contributed by atoms with Crippen LogP contribution in [0.1, 0.15) is 36.5 Å². The van der Waals surface area contributed by atoms with Crippen molar-refractivity contribution in [1.29, 1.82) is 0 Å². The number of hydrogen-bond acceptors (Lipinski definition) is 4. The second-order valence-electron chi connectivity index (χ2n) is 8.35. The maximum atomic E-state index is 13.2. The maximum Gasteiger partial charge on any atom is 0.238 e. The van der Waals surface area contributed by atoms with Crippen molar-refractivity contribution < 1.29 is 19.1 Å². The SMILES string of the molecule is C[C@@H](Oc1ccccc1N1C(=O)[C@@H]2[C@@H]3CC[C@@H](C3)[C@@H]2C1=O)C(=O)c1ccccc1. The van der Waals surface area contributed by atoms with Crippen molar-refractivity contribution in [1.82, 2.24) is 0 Å². The van der Waals surface area contributed by atoms with Crippen molar-refractivity contribution >= 4 is 23.3 Å². The van der Waals surface area contributed by atoms with Gasteiger partial charge in [0.25, 0.3) is 0 Å². The molecule has 1 aliphatic heterocycles. The minimum atomic E-state index is -0.734. The van der Waals surface area contributed by atoms with Gasteiger partial charge in [-0.3, -0.25) is 14.4 Å². The number of rotatable bonds is 5. The van der Waals surface area contributed by atoms with Crippen molar-refractivity contribution in [2.24, 2.45) is 23.7 Å². The number of fused-ring (bicyclic) bond motifs is 5. The van der Waals surface area contributed by atoms with Gasteiger partial charge < -0.3 is 4.74 Å². The van der Waals surface area contributed by atoms with E-state index < -0.39 is 6.10 Å². The Morgan fingerprint density at radius 2 is 1.52 bits per heavy atom. The lowest BCUT2D eigenvalue weighted by molar-refractivity contribution is -0.123. The van der Waals surface area contributed by atoms with E-state index in [0.717, 1.165) is 19.3 Å². The molecule has 2 aromatic carbocycles. The molecule has 5 nitrogen and oxygen atoms in total. The molecule has 0 N–H and O–H groups in total. The Hall–Kier alpha value is -2.95. The quantitative estimate of drug-likeness (QED) is 0.575. The summed E-state index contributed by atoms with van der Waals surface area (Å²) >= 11 is 0. The van der Waals surface area contributed by atoms with E-state index in [2.05, 4.69) is 0 Å². The zero-order chi connectivity index (χ0) is 20.1. The average molecular weight is 389 g/mol. The van der Waals surface area contributed by atoms with Gasteiger partial charge in [0, 0.05) is 5.56 Å². The molecule has 3 fully saturated rings. The van der Waals surface area contributed by atoms with Crippen LogP contribution in [0.15, 0.2) is 54.6 Å². The lowest BCUT2D eigenvalue weighted by Gasteiger charge is -2.22. The number of Topliss-reactive ketones (excluding diaryl/α,β-unsaturated/α-hetero) is 1. The highest BCUT2D eigenvalue weighted by Gasteiger charge is 2.61. The van der Waals surface area contributed by atoms with Gasteiger partial charge in [0.05, 0.1) is 17.5 Å². The highest BCUT2D eigenvalue weighted by Crippen LogP contribution is 2.57. The van der Waals surface area contributed by atoms with Crippen LogP contribution in [0.2, 0.25) is 0 Å². The summed E-state index contributed by atoms with van der Waals surface area (Å²) in [6.45, 7) is 1.69. The first kappa shape index (κ1) is 18.1. The van der Waals surface area contributed by atoms with E-state index in [1.165, 1.54) is 4.90 Å². The van der Waals surface area contributed by atoms with Gasteiger partial charge in [-0.25, -0.2) is 4.90 Å².